The molecule has 15 heavy (non-hydrogen) atoms. The van der Waals surface area contributed by atoms with E-state index in [1.54, 1.807) is 18.5 Å². The van der Waals surface area contributed by atoms with E-state index in [0.29, 0.717) is 0 Å². The third-order valence-corrected chi connectivity index (χ3v) is 7.34. The van der Waals surface area contributed by atoms with Crippen molar-refractivity contribution in [2.75, 3.05) is 25.2 Å². The molecule has 0 spiro atoms. The summed E-state index contributed by atoms with van der Waals surface area (Å²) in [5.41, 5.74) is 0. The fraction of sp³-hybridized carbons (Fsp3) is 1.00. The topological polar surface area (TPSA) is 0 Å². The molecule has 0 heterocycles. The summed E-state index contributed by atoms with van der Waals surface area (Å²) in [4.78, 5) is 0. The lowest BCUT2D eigenvalue weighted by Crippen LogP contribution is -2.07. The largest absolute Gasteiger partial charge is 0.197 e. The van der Waals surface area contributed by atoms with Crippen LogP contribution in [0.5, 0.6) is 0 Å². The van der Waals surface area contributed by atoms with E-state index in [1.807, 2.05) is 0 Å². The van der Waals surface area contributed by atoms with Crippen LogP contribution in [-0.2, 0) is 0 Å². The Kier molecular flexibility index (Phi) is 13.6. The Morgan fingerprint density at radius 3 is 1.13 bits per heavy atom. The minimum absolute atomic E-state index is 0. The Morgan fingerprint density at radius 2 is 0.933 bits per heavy atom. The molecule has 0 nitrogen and oxygen atoms in total. The molecule has 0 radical (unpaired) electrons. The van der Waals surface area contributed by atoms with Gasteiger partial charge in [-0.1, -0.05) is 40.0 Å². The molecule has 2 heteroatoms. The normalized spacial score (nSPS) is 11.2. The van der Waals surface area contributed by atoms with Gasteiger partial charge in [-0.05, 0) is 19.3 Å². The number of rotatable bonds is 9. The zero-order valence-electron chi connectivity index (χ0n) is 11.3. The third kappa shape index (κ3) is 9.69. The molecule has 0 amide bonds. The van der Waals surface area contributed by atoms with Crippen LogP contribution >= 0.6 is 20.8 Å². The molecule has 0 aliphatic heterocycles. The highest BCUT2D eigenvalue weighted by Crippen LogP contribution is 2.57. The molecule has 0 saturated heterocycles. The molecule has 0 rings (SSSR count). The van der Waals surface area contributed by atoms with Gasteiger partial charge in [-0.2, -0.15) is 13.5 Å². The molecule has 0 N–H and O–H groups in total. The van der Waals surface area contributed by atoms with Gasteiger partial charge >= 0.3 is 0 Å². The zero-order chi connectivity index (χ0) is 10.9. The van der Waals surface area contributed by atoms with Crippen LogP contribution in [0.4, 0.5) is 0 Å². The van der Waals surface area contributed by atoms with Crippen LogP contribution in [0.2, 0.25) is 0 Å². The summed E-state index contributed by atoms with van der Waals surface area (Å²) in [6.45, 7) is 9.59. The lowest BCUT2D eigenvalue weighted by Gasteiger charge is -2.22. The van der Waals surface area contributed by atoms with Crippen LogP contribution in [0.1, 0.15) is 59.3 Å². The van der Waals surface area contributed by atoms with Crippen molar-refractivity contribution in [3.63, 3.8) is 0 Å². The first-order valence-corrected chi connectivity index (χ1v) is 9.31. The van der Waals surface area contributed by atoms with E-state index in [1.165, 1.54) is 38.5 Å². The van der Waals surface area contributed by atoms with Gasteiger partial charge in [0.1, 0.15) is 0 Å². The maximum atomic E-state index is 2.62. The van der Waals surface area contributed by atoms with Crippen molar-refractivity contribution in [1.29, 1.82) is 0 Å². The average molecular weight is 251 g/mol. The lowest BCUT2D eigenvalue weighted by atomic mass is 10.4. The molecule has 0 bridgehead atoms. The Hall–Kier alpha value is 0.780. The van der Waals surface area contributed by atoms with Crippen LogP contribution in [0, 0.1) is 0 Å². The van der Waals surface area contributed by atoms with E-state index in [4.69, 9.17) is 0 Å². The summed E-state index contributed by atoms with van der Waals surface area (Å²) in [6, 6.07) is 0. The second-order valence-electron chi connectivity index (χ2n) is 4.85. The molecule has 0 aromatic carbocycles. The smallest absolute Gasteiger partial charge is 0.0591 e. The van der Waals surface area contributed by atoms with Crippen LogP contribution in [-0.4, -0.2) is 25.2 Å². The predicted octanol–water partition coefficient (Wildman–Crippen LogP) is 5.15. The second-order valence-corrected chi connectivity index (χ2v) is 9.43. The summed E-state index contributed by atoms with van der Waals surface area (Å²) in [5, 5.41) is 0. The molecule has 0 atom stereocenters. The maximum absolute atomic E-state index is 2.62. The van der Waals surface area contributed by atoms with E-state index in [-0.39, 0.29) is 13.5 Å². The second kappa shape index (κ2) is 11.3. The Labute approximate surface area is 105 Å². The summed E-state index contributed by atoms with van der Waals surface area (Å²) < 4.78 is 0. The van der Waals surface area contributed by atoms with Gasteiger partial charge in [-0.25, -0.2) is 0 Å². The standard InChI is InChI=1S/C13H30P.H2S/c1-5-8-11-14(4,12-9-6-2)13-10-7-3;/h5-13H2,1-4H3;1H2/q+1;. The molecular weight excluding hydrogens is 219 g/mol. The summed E-state index contributed by atoms with van der Waals surface area (Å²) in [7, 11) is -0.519. The average Bonchev–Trinajstić information content (AvgIpc) is 2.21. The van der Waals surface area contributed by atoms with Crippen LogP contribution < -0.4 is 0 Å². The maximum Gasteiger partial charge on any atom is 0.0591 e. The van der Waals surface area contributed by atoms with Crippen molar-refractivity contribution in [2.24, 2.45) is 0 Å². The lowest BCUT2D eigenvalue weighted by molar-refractivity contribution is 0.838. The fourth-order valence-electron chi connectivity index (χ4n) is 1.95. The SMILES string of the molecule is CCCC[P+](C)(CCCC)CCCC.S. The van der Waals surface area contributed by atoms with Gasteiger partial charge in [-0.3, -0.25) is 0 Å². The first kappa shape index (κ1) is 18.2. The highest BCUT2D eigenvalue weighted by atomic mass is 32.1. The van der Waals surface area contributed by atoms with Crippen molar-refractivity contribution in [3.05, 3.63) is 0 Å². The number of hydrogen-bond acceptors (Lipinski definition) is 0. The highest BCUT2D eigenvalue weighted by Gasteiger charge is 2.28. The van der Waals surface area contributed by atoms with Gasteiger partial charge in [0.05, 0.1) is 18.5 Å². The molecule has 0 aromatic rings. The molecule has 0 unspecified atom stereocenters. The van der Waals surface area contributed by atoms with E-state index in [0.717, 1.165) is 0 Å². The monoisotopic (exact) mass is 251 g/mol. The molecule has 94 valence electrons. The molecule has 0 aromatic heterocycles. The van der Waals surface area contributed by atoms with Gasteiger partial charge in [0.2, 0.25) is 0 Å². The van der Waals surface area contributed by atoms with Gasteiger partial charge in [-0.15, -0.1) is 0 Å². The van der Waals surface area contributed by atoms with Gasteiger partial charge < -0.3 is 0 Å². The summed E-state index contributed by atoms with van der Waals surface area (Å²) in [6.07, 6.45) is 13.2. The van der Waals surface area contributed by atoms with Gasteiger partial charge in [0, 0.05) is 13.9 Å². The quantitative estimate of drug-likeness (QED) is 0.497. The van der Waals surface area contributed by atoms with Crippen LogP contribution in [0.25, 0.3) is 0 Å². The zero-order valence-corrected chi connectivity index (χ0v) is 13.2. The van der Waals surface area contributed by atoms with Crippen molar-refractivity contribution < 1.29 is 0 Å². The summed E-state index contributed by atoms with van der Waals surface area (Å²) in [5.74, 6) is 0. The minimum atomic E-state index is -0.519. The molecular formula is C13H32PS+. The molecule has 0 saturated carbocycles. The van der Waals surface area contributed by atoms with Gasteiger partial charge in [0.15, 0.2) is 0 Å². The summed E-state index contributed by atoms with van der Waals surface area (Å²) >= 11 is 0. The third-order valence-electron chi connectivity index (χ3n) is 3.15. The molecule has 0 aliphatic carbocycles. The van der Waals surface area contributed by atoms with Crippen LogP contribution in [0.3, 0.4) is 0 Å². The van der Waals surface area contributed by atoms with Crippen molar-refractivity contribution in [2.45, 2.75) is 59.3 Å². The van der Waals surface area contributed by atoms with Gasteiger partial charge in [0.25, 0.3) is 0 Å². The van der Waals surface area contributed by atoms with E-state index < -0.39 is 7.26 Å². The van der Waals surface area contributed by atoms with Crippen LogP contribution in [0.15, 0.2) is 0 Å². The minimum Gasteiger partial charge on any atom is -0.197 e. The first-order chi connectivity index (χ1) is 6.68. The first-order valence-electron chi connectivity index (χ1n) is 6.52. The van der Waals surface area contributed by atoms with Crippen molar-refractivity contribution in [1.82, 2.24) is 0 Å². The number of hydrogen-bond donors (Lipinski definition) is 0. The van der Waals surface area contributed by atoms with Crippen molar-refractivity contribution >= 4 is 20.8 Å². The Morgan fingerprint density at radius 1 is 0.667 bits per heavy atom. The van der Waals surface area contributed by atoms with E-state index in [9.17, 15) is 0 Å². The molecule has 0 aliphatic rings. The highest BCUT2D eigenvalue weighted by molar-refractivity contribution is 7.75. The molecule has 0 fully saturated rings. The predicted molar refractivity (Wildman–Crippen MR) is 82.6 cm³/mol. The Balaban J connectivity index is 0. The van der Waals surface area contributed by atoms with E-state index in [2.05, 4.69) is 27.4 Å². The van der Waals surface area contributed by atoms with E-state index >= 15 is 0 Å². The fourth-order valence-corrected chi connectivity index (χ4v) is 5.86. The Bertz CT molecular complexity index is 104. The van der Waals surface area contributed by atoms with Crippen molar-refractivity contribution in [3.8, 4) is 0 Å². The number of unbranched alkanes of at least 4 members (excludes halogenated alkanes) is 3.